The number of hydrogen-bond acceptors (Lipinski definition) is 4. The number of benzene rings is 3. The number of nitrogens with one attached hydrogen (secondary N) is 1. The van der Waals surface area contributed by atoms with Gasteiger partial charge in [0.1, 0.15) is 18.0 Å². The molecule has 36 heavy (non-hydrogen) atoms. The summed E-state index contributed by atoms with van der Waals surface area (Å²) in [5.41, 5.74) is 14.5. The molecule has 3 heterocycles. The van der Waals surface area contributed by atoms with E-state index in [2.05, 4.69) is 10.3 Å². The van der Waals surface area contributed by atoms with E-state index in [4.69, 9.17) is 10.5 Å². The van der Waals surface area contributed by atoms with Gasteiger partial charge in [0.2, 0.25) is 0 Å². The zero-order valence-electron chi connectivity index (χ0n) is 19.7. The van der Waals surface area contributed by atoms with Gasteiger partial charge in [0.15, 0.2) is 11.6 Å². The van der Waals surface area contributed by atoms with Crippen molar-refractivity contribution in [2.75, 3.05) is 5.73 Å². The van der Waals surface area contributed by atoms with Gasteiger partial charge >= 0.3 is 0 Å². The van der Waals surface area contributed by atoms with Gasteiger partial charge < -0.3 is 15.8 Å². The summed E-state index contributed by atoms with van der Waals surface area (Å²) in [5.74, 6) is -1.46. The van der Waals surface area contributed by atoms with E-state index in [9.17, 15) is 13.6 Å². The molecular weight excluding hydrogens is 460 g/mol. The summed E-state index contributed by atoms with van der Waals surface area (Å²) in [7, 11) is 0. The number of halogens is 2. The highest BCUT2D eigenvalue weighted by atomic mass is 19.2. The summed E-state index contributed by atoms with van der Waals surface area (Å²) < 4.78 is 33.4. The number of nitrogens with zero attached hydrogens (tertiary/aromatic N) is 1. The second-order valence-corrected chi connectivity index (χ2v) is 9.32. The average molecular weight is 484 g/mol. The van der Waals surface area contributed by atoms with Gasteiger partial charge in [0.25, 0.3) is 5.91 Å². The van der Waals surface area contributed by atoms with E-state index in [1.54, 1.807) is 18.2 Å². The molecule has 0 fully saturated rings. The molecule has 0 saturated carbocycles. The number of aromatic nitrogens is 1. The lowest BCUT2D eigenvalue weighted by Gasteiger charge is -2.18. The van der Waals surface area contributed by atoms with Crippen molar-refractivity contribution in [1.82, 2.24) is 10.3 Å². The molecule has 0 radical (unpaired) electrons. The van der Waals surface area contributed by atoms with Gasteiger partial charge in [-0.15, -0.1) is 0 Å². The molecule has 2 bridgehead atoms. The van der Waals surface area contributed by atoms with Crippen molar-refractivity contribution in [2.24, 2.45) is 0 Å². The van der Waals surface area contributed by atoms with Gasteiger partial charge in [0, 0.05) is 17.8 Å². The van der Waals surface area contributed by atoms with Gasteiger partial charge in [-0.25, -0.2) is 13.8 Å². The quantitative estimate of drug-likeness (QED) is 0.392. The standard InChI is InChI=1S/C29H23F2N3O2/c1-14-9-26(32)34-15(2)23(14)13-33-29(35)18-4-7-20-22(11-18)28-19-6-3-16(10-21(19)27(20)36-28)17-5-8-24(30)25(31)12-17/h3-12,27-28H,13H2,1-2H3,(H2,32,34)(H,33,35). The van der Waals surface area contributed by atoms with E-state index in [0.29, 0.717) is 23.5 Å². The lowest BCUT2D eigenvalue weighted by molar-refractivity contribution is 0.0857. The molecule has 180 valence electrons. The number of nitrogens with two attached hydrogens (primary N) is 1. The van der Waals surface area contributed by atoms with E-state index < -0.39 is 11.6 Å². The molecule has 3 N–H and O–H groups in total. The SMILES string of the molecule is Cc1cc(N)nc(C)c1CNC(=O)c1ccc2c(c1)C1OC2c2cc(-c3ccc(F)c(F)c3)ccc21. The highest BCUT2D eigenvalue weighted by Crippen LogP contribution is 2.54. The van der Waals surface area contributed by atoms with Crippen LogP contribution in [0.4, 0.5) is 14.6 Å². The highest BCUT2D eigenvalue weighted by Gasteiger charge is 2.43. The third-order valence-corrected chi connectivity index (χ3v) is 7.09. The Hall–Kier alpha value is -4.10. The number of pyridine rings is 1. The van der Waals surface area contributed by atoms with E-state index in [1.807, 2.05) is 44.2 Å². The van der Waals surface area contributed by atoms with Crippen molar-refractivity contribution >= 4 is 11.7 Å². The maximum absolute atomic E-state index is 13.8. The van der Waals surface area contributed by atoms with Gasteiger partial charge in [-0.1, -0.05) is 24.3 Å². The normalized spacial score (nSPS) is 17.1. The lowest BCUT2D eigenvalue weighted by atomic mass is 9.84. The van der Waals surface area contributed by atoms with Crippen LogP contribution in [0, 0.1) is 25.5 Å². The fraction of sp³-hybridized carbons (Fsp3) is 0.172. The first-order chi connectivity index (χ1) is 17.3. The van der Waals surface area contributed by atoms with Crippen molar-refractivity contribution in [1.29, 1.82) is 0 Å². The molecular formula is C29H23F2N3O2. The average Bonchev–Trinajstić information content (AvgIpc) is 3.41. The fourth-order valence-electron chi connectivity index (χ4n) is 5.27. The number of aryl methyl sites for hydroxylation is 2. The first-order valence-corrected chi connectivity index (χ1v) is 11.7. The minimum absolute atomic E-state index is 0.176. The predicted octanol–water partition coefficient (Wildman–Crippen LogP) is 5.68. The number of rotatable bonds is 4. The van der Waals surface area contributed by atoms with Crippen LogP contribution in [-0.4, -0.2) is 10.9 Å². The number of amides is 1. The van der Waals surface area contributed by atoms with Crippen molar-refractivity contribution in [3.8, 4) is 11.1 Å². The molecule has 2 aliphatic rings. The van der Waals surface area contributed by atoms with Crippen LogP contribution in [0.1, 0.15) is 61.6 Å². The van der Waals surface area contributed by atoms with E-state index in [0.717, 1.165) is 50.7 Å². The summed E-state index contributed by atoms with van der Waals surface area (Å²) in [5, 5.41) is 2.99. The van der Waals surface area contributed by atoms with Crippen LogP contribution < -0.4 is 11.1 Å². The Morgan fingerprint density at radius 2 is 1.56 bits per heavy atom. The Kier molecular flexibility index (Phi) is 5.12. The fourth-order valence-corrected chi connectivity index (χ4v) is 5.27. The summed E-state index contributed by atoms with van der Waals surface area (Å²) in [6.45, 7) is 4.19. The van der Waals surface area contributed by atoms with Crippen molar-refractivity contribution in [3.05, 3.63) is 117 Å². The Morgan fingerprint density at radius 3 is 2.28 bits per heavy atom. The zero-order chi connectivity index (χ0) is 25.1. The highest BCUT2D eigenvalue weighted by molar-refractivity contribution is 5.94. The van der Waals surface area contributed by atoms with Crippen LogP contribution in [0.15, 0.2) is 60.7 Å². The predicted molar refractivity (Wildman–Crippen MR) is 132 cm³/mol. The second kappa shape index (κ2) is 8.24. The van der Waals surface area contributed by atoms with E-state index in [1.165, 1.54) is 6.07 Å². The molecule has 6 rings (SSSR count). The van der Waals surface area contributed by atoms with Crippen molar-refractivity contribution in [3.63, 3.8) is 0 Å². The van der Waals surface area contributed by atoms with Crippen LogP contribution in [-0.2, 0) is 11.3 Å². The molecule has 3 aromatic carbocycles. The molecule has 7 heteroatoms. The monoisotopic (exact) mass is 483 g/mol. The number of ether oxygens (including phenoxy) is 1. The van der Waals surface area contributed by atoms with Crippen LogP contribution in [0.3, 0.4) is 0 Å². The number of nitrogen functional groups attached to an aromatic ring is 1. The Labute approximate surface area is 206 Å². The molecule has 5 nitrogen and oxygen atoms in total. The third kappa shape index (κ3) is 3.55. The van der Waals surface area contributed by atoms with Gasteiger partial charge in [-0.05, 0) is 94.8 Å². The van der Waals surface area contributed by atoms with Crippen LogP contribution in [0.25, 0.3) is 11.1 Å². The number of hydrogen-bond donors (Lipinski definition) is 2. The lowest BCUT2D eigenvalue weighted by Crippen LogP contribution is -2.24. The topological polar surface area (TPSA) is 77.2 Å². The maximum atomic E-state index is 13.8. The van der Waals surface area contributed by atoms with Crippen LogP contribution in [0.2, 0.25) is 0 Å². The summed E-state index contributed by atoms with van der Waals surface area (Å²) in [4.78, 5) is 17.2. The maximum Gasteiger partial charge on any atom is 0.251 e. The molecule has 2 unspecified atom stereocenters. The molecule has 0 saturated heterocycles. The van der Waals surface area contributed by atoms with Gasteiger partial charge in [-0.3, -0.25) is 4.79 Å². The van der Waals surface area contributed by atoms with E-state index in [-0.39, 0.29) is 18.1 Å². The van der Waals surface area contributed by atoms with Crippen LogP contribution in [0.5, 0.6) is 0 Å². The number of anilines is 1. The molecule has 0 spiro atoms. The summed E-state index contributed by atoms with van der Waals surface area (Å²) >= 11 is 0. The minimum Gasteiger partial charge on any atom is -0.384 e. The number of carbonyl (C=O) groups is 1. The van der Waals surface area contributed by atoms with Crippen molar-refractivity contribution < 1.29 is 18.3 Å². The van der Waals surface area contributed by atoms with Gasteiger partial charge in [-0.2, -0.15) is 0 Å². The van der Waals surface area contributed by atoms with Crippen molar-refractivity contribution in [2.45, 2.75) is 32.6 Å². The van der Waals surface area contributed by atoms with E-state index >= 15 is 0 Å². The smallest absolute Gasteiger partial charge is 0.251 e. The van der Waals surface area contributed by atoms with Crippen LogP contribution >= 0.6 is 0 Å². The number of carbonyl (C=O) groups excluding carboxylic acids is 1. The first kappa shape index (κ1) is 22.4. The summed E-state index contributed by atoms with van der Waals surface area (Å²) in [6.07, 6.45) is -0.522. The van der Waals surface area contributed by atoms with Gasteiger partial charge in [0.05, 0.1) is 0 Å². The minimum atomic E-state index is -0.875. The number of fused-ring (bicyclic) bond motifs is 8. The largest absolute Gasteiger partial charge is 0.384 e. The summed E-state index contributed by atoms with van der Waals surface area (Å²) in [6, 6.07) is 17.2. The molecule has 0 aliphatic carbocycles. The Balaban J connectivity index is 1.24. The molecule has 1 aromatic heterocycles. The Bertz CT molecular complexity index is 1540. The molecule has 4 aromatic rings. The third-order valence-electron chi connectivity index (χ3n) is 7.09. The zero-order valence-corrected chi connectivity index (χ0v) is 19.7. The Morgan fingerprint density at radius 1 is 0.889 bits per heavy atom. The molecule has 2 atom stereocenters. The first-order valence-electron chi connectivity index (χ1n) is 11.7. The molecule has 2 aliphatic heterocycles. The molecule has 1 amide bonds. The second-order valence-electron chi connectivity index (χ2n) is 9.32.